The zero-order chi connectivity index (χ0) is 15.4. The molecule has 0 aliphatic rings. The Balaban J connectivity index is 0.000000131. The van der Waals surface area contributed by atoms with Crippen molar-refractivity contribution in [1.82, 2.24) is 0 Å². The van der Waals surface area contributed by atoms with Crippen molar-refractivity contribution in [2.24, 2.45) is 0 Å². The van der Waals surface area contributed by atoms with E-state index >= 15 is 0 Å². The van der Waals surface area contributed by atoms with Gasteiger partial charge in [0.25, 0.3) is 0 Å². The summed E-state index contributed by atoms with van der Waals surface area (Å²) in [5, 5.41) is 1.93. The number of aldehydes is 2. The number of carbonyl (C=O) groups is 2. The maximum absolute atomic E-state index is 10.3. The topological polar surface area (TPSA) is 60.4 Å². The van der Waals surface area contributed by atoms with Gasteiger partial charge in [0, 0.05) is 10.8 Å². The smallest absolute Gasteiger partial charge is 0.185 e. The van der Waals surface area contributed by atoms with Crippen molar-refractivity contribution in [2.45, 2.75) is 0 Å². The first-order valence-corrected chi connectivity index (χ1v) is 6.67. The summed E-state index contributed by atoms with van der Waals surface area (Å²) >= 11 is 0. The first-order chi connectivity index (χ1) is 10.8. The lowest BCUT2D eigenvalue weighted by molar-refractivity contribution is 0.109. The molecule has 4 rings (SSSR count). The minimum absolute atomic E-state index is 0.381. The molecule has 108 valence electrons. The van der Waals surface area contributed by atoms with E-state index in [-0.39, 0.29) is 0 Å². The molecule has 2 heterocycles. The van der Waals surface area contributed by atoms with Crippen LogP contribution in [0.1, 0.15) is 21.1 Å². The molecule has 2 aromatic heterocycles. The molecule has 0 aliphatic carbocycles. The first kappa shape index (κ1) is 13.8. The van der Waals surface area contributed by atoms with E-state index in [1.54, 1.807) is 12.1 Å². The molecular weight excluding hydrogens is 280 g/mol. The highest BCUT2D eigenvalue weighted by atomic mass is 16.3. The van der Waals surface area contributed by atoms with Gasteiger partial charge in [-0.25, -0.2) is 0 Å². The first-order valence-electron chi connectivity index (χ1n) is 6.67. The van der Waals surface area contributed by atoms with Gasteiger partial charge in [-0.1, -0.05) is 36.4 Å². The monoisotopic (exact) mass is 292 g/mol. The van der Waals surface area contributed by atoms with Crippen LogP contribution < -0.4 is 0 Å². The molecule has 2 aromatic carbocycles. The molecule has 0 aliphatic heterocycles. The van der Waals surface area contributed by atoms with E-state index in [1.165, 1.54) is 0 Å². The van der Waals surface area contributed by atoms with Crippen molar-refractivity contribution >= 4 is 34.5 Å². The van der Waals surface area contributed by atoms with Crippen LogP contribution in [0.2, 0.25) is 0 Å². The molecule has 4 nitrogen and oxygen atoms in total. The molecule has 0 fully saturated rings. The second kappa shape index (κ2) is 6.10. The molecule has 0 atom stereocenters. The van der Waals surface area contributed by atoms with E-state index in [9.17, 15) is 9.59 Å². The quantitative estimate of drug-likeness (QED) is 0.511. The third-order valence-electron chi connectivity index (χ3n) is 3.12. The SMILES string of the molecule is O=Cc1cc2ccccc2o1.O=Cc1cc2ccccc2o1. The maximum Gasteiger partial charge on any atom is 0.185 e. The molecule has 0 amide bonds. The Labute approximate surface area is 125 Å². The van der Waals surface area contributed by atoms with Gasteiger partial charge in [0.2, 0.25) is 0 Å². The Morgan fingerprint density at radius 1 is 0.636 bits per heavy atom. The molecule has 0 saturated carbocycles. The lowest BCUT2D eigenvalue weighted by Gasteiger charge is -1.81. The Morgan fingerprint density at radius 2 is 1.05 bits per heavy atom. The summed E-state index contributed by atoms with van der Waals surface area (Å²) in [5.41, 5.74) is 1.52. The molecule has 22 heavy (non-hydrogen) atoms. The van der Waals surface area contributed by atoms with Gasteiger partial charge >= 0.3 is 0 Å². The van der Waals surface area contributed by atoms with Crippen molar-refractivity contribution in [3.63, 3.8) is 0 Å². The van der Waals surface area contributed by atoms with E-state index in [0.717, 1.165) is 21.9 Å². The predicted molar refractivity (Wildman–Crippen MR) is 83.2 cm³/mol. The van der Waals surface area contributed by atoms with Gasteiger partial charge in [-0.15, -0.1) is 0 Å². The summed E-state index contributed by atoms with van der Waals surface area (Å²) in [7, 11) is 0. The highest BCUT2D eigenvalue weighted by Crippen LogP contribution is 2.17. The fourth-order valence-electron chi connectivity index (χ4n) is 2.12. The van der Waals surface area contributed by atoms with Crippen molar-refractivity contribution in [3.8, 4) is 0 Å². The van der Waals surface area contributed by atoms with Crippen LogP contribution in [-0.4, -0.2) is 12.6 Å². The average Bonchev–Trinajstić information content (AvgIpc) is 3.18. The molecule has 0 N–H and O–H groups in total. The summed E-state index contributed by atoms with van der Waals surface area (Å²) in [5.74, 6) is 0.761. The Bertz CT molecular complexity index is 786. The molecule has 0 saturated heterocycles. The highest BCUT2D eigenvalue weighted by molar-refractivity contribution is 5.85. The number of benzene rings is 2. The summed E-state index contributed by atoms with van der Waals surface area (Å²) in [6.07, 6.45) is 1.42. The van der Waals surface area contributed by atoms with E-state index < -0.39 is 0 Å². The highest BCUT2D eigenvalue weighted by Gasteiger charge is 2.00. The van der Waals surface area contributed by atoms with Crippen LogP contribution in [0.4, 0.5) is 0 Å². The van der Waals surface area contributed by atoms with Gasteiger partial charge in [0.15, 0.2) is 24.1 Å². The van der Waals surface area contributed by atoms with Gasteiger partial charge in [0.1, 0.15) is 11.2 Å². The zero-order valence-corrected chi connectivity index (χ0v) is 11.6. The minimum Gasteiger partial charge on any atom is -0.453 e. The molecule has 4 heteroatoms. The van der Waals surface area contributed by atoms with Crippen LogP contribution in [0, 0.1) is 0 Å². The number of fused-ring (bicyclic) bond motifs is 2. The van der Waals surface area contributed by atoms with E-state index in [1.807, 2.05) is 48.5 Å². The number of rotatable bonds is 2. The Hall–Kier alpha value is -3.14. The van der Waals surface area contributed by atoms with Crippen molar-refractivity contribution < 1.29 is 18.4 Å². The largest absolute Gasteiger partial charge is 0.453 e. The van der Waals surface area contributed by atoms with Crippen LogP contribution in [0.25, 0.3) is 21.9 Å². The lowest BCUT2D eigenvalue weighted by Crippen LogP contribution is -1.65. The summed E-state index contributed by atoms with van der Waals surface area (Å²) in [6, 6.07) is 18.5. The van der Waals surface area contributed by atoms with Gasteiger partial charge in [-0.2, -0.15) is 0 Å². The summed E-state index contributed by atoms with van der Waals surface area (Å²) in [6.45, 7) is 0. The van der Waals surface area contributed by atoms with Crippen molar-refractivity contribution in [1.29, 1.82) is 0 Å². The van der Waals surface area contributed by atoms with Gasteiger partial charge in [0.05, 0.1) is 0 Å². The van der Waals surface area contributed by atoms with Crippen LogP contribution in [0.5, 0.6) is 0 Å². The summed E-state index contributed by atoms with van der Waals surface area (Å²) < 4.78 is 10.3. The summed E-state index contributed by atoms with van der Waals surface area (Å²) in [4.78, 5) is 20.6. The van der Waals surface area contributed by atoms with Gasteiger partial charge < -0.3 is 8.83 Å². The van der Waals surface area contributed by atoms with E-state index in [4.69, 9.17) is 8.83 Å². The van der Waals surface area contributed by atoms with Crippen molar-refractivity contribution in [3.05, 3.63) is 72.2 Å². The number of hydrogen-bond acceptors (Lipinski definition) is 4. The molecule has 4 aromatic rings. The average molecular weight is 292 g/mol. The molecule has 0 spiro atoms. The molecule has 0 radical (unpaired) electrons. The molecule has 0 unspecified atom stereocenters. The second-order valence-electron chi connectivity index (χ2n) is 4.61. The Kier molecular flexibility index (Phi) is 3.83. The Morgan fingerprint density at radius 3 is 1.41 bits per heavy atom. The fourth-order valence-corrected chi connectivity index (χ4v) is 2.12. The zero-order valence-electron chi connectivity index (χ0n) is 11.6. The number of carbonyl (C=O) groups excluding carboxylic acids is 2. The number of hydrogen-bond donors (Lipinski definition) is 0. The van der Waals surface area contributed by atoms with E-state index in [0.29, 0.717) is 24.1 Å². The van der Waals surface area contributed by atoms with Crippen LogP contribution in [-0.2, 0) is 0 Å². The van der Waals surface area contributed by atoms with E-state index in [2.05, 4.69) is 0 Å². The standard InChI is InChI=1S/2C9H6O2/c2*10-6-8-5-7-3-1-2-4-9(7)11-8/h2*1-6H. The third-order valence-corrected chi connectivity index (χ3v) is 3.12. The minimum atomic E-state index is 0.381. The van der Waals surface area contributed by atoms with Crippen LogP contribution >= 0.6 is 0 Å². The van der Waals surface area contributed by atoms with Gasteiger partial charge in [-0.3, -0.25) is 9.59 Å². The maximum atomic E-state index is 10.3. The van der Waals surface area contributed by atoms with Crippen LogP contribution in [0.3, 0.4) is 0 Å². The fraction of sp³-hybridized carbons (Fsp3) is 0. The number of furan rings is 2. The molecule has 0 bridgehead atoms. The number of para-hydroxylation sites is 2. The van der Waals surface area contributed by atoms with Crippen molar-refractivity contribution in [2.75, 3.05) is 0 Å². The van der Waals surface area contributed by atoms with Crippen LogP contribution in [0.15, 0.2) is 69.5 Å². The predicted octanol–water partition coefficient (Wildman–Crippen LogP) is 4.49. The normalized spacial score (nSPS) is 10.2. The van der Waals surface area contributed by atoms with Gasteiger partial charge in [-0.05, 0) is 24.3 Å². The lowest BCUT2D eigenvalue weighted by atomic mass is 10.2. The molecular formula is C18H12O4. The third kappa shape index (κ3) is 2.81. The second-order valence-corrected chi connectivity index (χ2v) is 4.61.